The fourth-order valence-electron chi connectivity index (χ4n) is 0.539. The van der Waals surface area contributed by atoms with Crippen LogP contribution in [0, 0.1) is 0 Å². The fourth-order valence-corrected chi connectivity index (χ4v) is 0.539. The first kappa shape index (κ1) is 8.15. The van der Waals surface area contributed by atoms with Gasteiger partial charge in [-0.3, -0.25) is 4.99 Å². The van der Waals surface area contributed by atoms with E-state index in [0.717, 1.165) is 12.3 Å². The molecule has 0 amide bonds. The molecular weight excluding hydrogens is 110 g/mol. The third-order valence-electron chi connectivity index (χ3n) is 0.887. The molecule has 0 aromatic heterocycles. The van der Waals surface area contributed by atoms with E-state index in [0.29, 0.717) is 0 Å². The van der Waals surface area contributed by atoms with E-state index in [-0.39, 0.29) is 0 Å². The van der Waals surface area contributed by atoms with Gasteiger partial charge in [0.05, 0.1) is 5.71 Å². The molecule has 0 saturated heterocycles. The van der Waals surface area contributed by atoms with Crippen molar-refractivity contribution in [3.05, 3.63) is 24.8 Å². The number of hydrogen-bond donors (Lipinski definition) is 0. The summed E-state index contributed by atoms with van der Waals surface area (Å²) in [5.74, 6) is 0. The maximum atomic E-state index is 4.14. The second-order valence-electron chi connectivity index (χ2n) is 1.60. The Hall–Kier alpha value is -0.850. The number of rotatable bonds is 3. The van der Waals surface area contributed by atoms with Crippen molar-refractivity contribution in [1.29, 1.82) is 0 Å². The van der Waals surface area contributed by atoms with Crippen LogP contribution in [0.4, 0.5) is 0 Å². The summed E-state index contributed by atoms with van der Waals surface area (Å²) in [6.45, 7) is 8.42. The van der Waals surface area contributed by atoms with Crippen molar-refractivity contribution < 1.29 is 0 Å². The largest absolute Gasteiger partial charge is 0.286 e. The van der Waals surface area contributed by atoms with Gasteiger partial charge in [0.2, 0.25) is 0 Å². The molecule has 0 aliphatic heterocycles. The smallest absolute Gasteiger partial charge is 0.0564 e. The highest BCUT2D eigenvalue weighted by molar-refractivity contribution is 6.03. The van der Waals surface area contributed by atoms with Gasteiger partial charge in [-0.15, -0.1) is 0 Å². The maximum Gasteiger partial charge on any atom is 0.0564 e. The predicted octanol–water partition coefficient (Wildman–Crippen LogP) is 2.21. The average molecular weight is 123 g/mol. The third kappa shape index (κ3) is 3.71. The van der Waals surface area contributed by atoms with Crippen LogP contribution in [-0.4, -0.2) is 12.3 Å². The lowest BCUT2D eigenvalue weighted by Crippen LogP contribution is -1.86. The van der Waals surface area contributed by atoms with E-state index in [1.165, 1.54) is 0 Å². The molecule has 0 unspecified atom stereocenters. The molecule has 50 valence electrons. The van der Waals surface area contributed by atoms with Crippen LogP contribution < -0.4 is 0 Å². The normalized spacial score (nSPS) is 12.4. The van der Waals surface area contributed by atoms with Gasteiger partial charge >= 0.3 is 0 Å². The second-order valence-corrected chi connectivity index (χ2v) is 1.60. The summed E-state index contributed by atoms with van der Waals surface area (Å²) in [5.41, 5.74) is 0.958. The van der Waals surface area contributed by atoms with E-state index in [1.54, 1.807) is 6.08 Å². The zero-order valence-electron chi connectivity index (χ0n) is 6.09. The maximum absolute atomic E-state index is 4.14. The van der Waals surface area contributed by atoms with E-state index in [4.69, 9.17) is 0 Å². The highest BCUT2D eigenvalue weighted by Crippen LogP contribution is 1.83. The number of nitrogens with zero attached hydrogens (tertiary/aromatic N) is 1. The first-order valence-electron chi connectivity index (χ1n) is 3.14. The molecule has 0 N–H and O–H groups in total. The third-order valence-corrected chi connectivity index (χ3v) is 0.887. The minimum absolute atomic E-state index is 0.825. The Morgan fingerprint density at radius 2 is 2.33 bits per heavy atom. The highest BCUT2D eigenvalue weighted by atomic mass is 14.7. The van der Waals surface area contributed by atoms with Crippen molar-refractivity contribution in [1.82, 2.24) is 0 Å². The Morgan fingerprint density at radius 1 is 1.67 bits per heavy atom. The molecule has 0 spiro atoms. The number of hydrogen-bond acceptors (Lipinski definition) is 1. The van der Waals surface area contributed by atoms with Crippen molar-refractivity contribution in [2.75, 3.05) is 6.54 Å². The van der Waals surface area contributed by atoms with Crippen molar-refractivity contribution in [3.63, 3.8) is 0 Å². The zero-order chi connectivity index (χ0) is 7.11. The van der Waals surface area contributed by atoms with E-state index in [2.05, 4.69) is 11.6 Å². The summed E-state index contributed by atoms with van der Waals surface area (Å²) < 4.78 is 0. The predicted molar refractivity (Wildman–Crippen MR) is 43.0 cm³/mol. The summed E-state index contributed by atoms with van der Waals surface area (Å²) in [7, 11) is 0. The Kier molecular flexibility index (Phi) is 4.79. The average Bonchev–Trinajstić information content (AvgIpc) is 1.88. The van der Waals surface area contributed by atoms with Gasteiger partial charge in [0, 0.05) is 6.54 Å². The van der Waals surface area contributed by atoms with Crippen molar-refractivity contribution in [2.24, 2.45) is 4.99 Å². The van der Waals surface area contributed by atoms with Crippen LogP contribution >= 0.6 is 0 Å². The molecule has 0 rings (SSSR count). The first-order chi connectivity index (χ1) is 4.35. The summed E-state index contributed by atoms with van der Waals surface area (Å²) in [4.78, 5) is 4.14. The monoisotopic (exact) mass is 123 g/mol. The minimum atomic E-state index is 0.825. The van der Waals surface area contributed by atoms with Crippen molar-refractivity contribution >= 4 is 5.71 Å². The van der Waals surface area contributed by atoms with Gasteiger partial charge in [-0.1, -0.05) is 12.7 Å². The molecule has 0 atom stereocenters. The van der Waals surface area contributed by atoms with E-state index < -0.39 is 0 Å². The van der Waals surface area contributed by atoms with Gasteiger partial charge in [0.15, 0.2) is 0 Å². The lowest BCUT2D eigenvalue weighted by molar-refractivity contribution is 1.13. The van der Waals surface area contributed by atoms with E-state index in [9.17, 15) is 0 Å². The zero-order valence-corrected chi connectivity index (χ0v) is 6.09. The second kappa shape index (κ2) is 5.29. The molecular formula is C8H13N. The molecule has 0 aliphatic rings. The number of allylic oxidation sites excluding steroid dienone is 3. The van der Waals surface area contributed by atoms with Gasteiger partial charge < -0.3 is 0 Å². The Morgan fingerprint density at radius 3 is 2.67 bits per heavy atom. The van der Waals surface area contributed by atoms with Crippen LogP contribution in [0.5, 0.6) is 0 Å². The van der Waals surface area contributed by atoms with Gasteiger partial charge in [-0.05, 0) is 26.0 Å². The number of aliphatic imine (C=N–C) groups is 1. The van der Waals surface area contributed by atoms with Gasteiger partial charge in [-0.2, -0.15) is 0 Å². The van der Waals surface area contributed by atoms with E-state index >= 15 is 0 Å². The summed E-state index contributed by atoms with van der Waals surface area (Å²) in [6, 6.07) is 0. The SMILES string of the molecule is C=CC(/C=C\C)=NCC. The molecule has 0 saturated carbocycles. The van der Waals surface area contributed by atoms with Gasteiger partial charge in [0.1, 0.15) is 0 Å². The molecule has 0 bridgehead atoms. The molecule has 0 radical (unpaired) electrons. The van der Waals surface area contributed by atoms with Crippen LogP contribution in [0.15, 0.2) is 29.8 Å². The van der Waals surface area contributed by atoms with Gasteiger partial charge in [0.25, 0.3) is 0 Å². The molecule has 9 heavy (non-hydrogen) atoms. The molecule has 0 aliphatic carbocycles. The molecule has 0 fully saturated rings. The summed E-state index contributed by atoms with van der Waals surface area (Å²) in [5, 5.41) is 0. The molecule has 0 heterocycles. The van der Waals surface area contributed by atoms with Crippen LogP contribution in [0.25, 0.3) is 0 Å². The standard InChI is InChI=1S/C8H13N/c1-4-7-8(5-2)9-6-3/h4-5,7H,2,6H2,1,3H3/b7-4-,9-8?. The summed E-state index contributed by atoms with van der Waals surface area (Å²) in [6.07, 6.45) is 5.65. The molecule has 0 aromatic rings. The van der Waals surface area contributed by atoms with Crippen LogP contribution in [0.3, 0.4) is 0 Å². The quantitative estimate of drug-likeness (QED) is 0.510. The van der Waals surface area contributed by atoms with E-state index in [1.807, 2.05) is 26.0 Å². The first-order valence-corrected chi connectivity index (χ1v) is 3.14. The minimum Gasteiger partial charge on any atom is -0.286 e. The van der Waals surface area contributed by atoms with Crippen molar-refractivity contribution in [2.45, 2.75) is 13.8 Å². The Labute approximate surface area is 56.8 Å². The fraction of sp³-hybridized carbons (Fsp3) is 0.375. The van der Waals surface area contributed by atoms with Crippen LogP contribution in [-0.2, 0) is 0 Å². The lowest BCUT2D eigenvalue weighted by Gasteiger charge is -1.87. The highest BCUT2D eigenvalue weighted by Gasteiger charge is 1.79. The summed E-state index contributed by atoms with van der Waals surface area (Å²) >= 11 is 0. The lowest BCUT2D eigenvalue weighted by atomic mass is 10.3. The van der Waals surface area contributed by atoms with Crippen LogP contribution in [0.1, 0.15) is 13.8 Å². The molecule has 1 heteroatoms. The van der Waals surface area contributed by atoms with Crippen molar-refractivity contribution in [3.8, 4) is 0 Å². The Balaban J connectivity index is 3.97. The van der Waals surface area contributed by atoms with Gasteiger partial charge in [-0.25, -0.2) is 0 Å². The molecule has 0 aromatic carbocycles. The Bertz CT molecular complexity index is 132. The topological polar surface area (TPSA) is 12.4 Å². The van der Waals surface area contributed by atoms with Crippen LogP contribution in [0.2, 0.25) is 0 Å². The molecule has 1 nitrogen and oxygen atoms in total.